The SMILES string of the molecule is O=c1c(CN2CCc3nc(C4CC4)ncc3C2)coc2ccc(Br)cc12. The molecule has 1 aliphatic carbocycles. The van der Waals surface area contributed by atoms with E-state index in [-0.39, 0.29) is 5.43 Å². The van der Waals surface area contributed by atoms with Crippen LogP contribution in [0.25, 0.3) is 11.0 Å². The van der Waals surface area contributed by atoms with Crippen LogP contribution in [0.5, 0.6) is 0 Å². The molecule has 0 atom stereocenters. The predicted molar refractivity (Wildman–Crippen MR) is 102 cm³/mol. The first-order chi connectivity index (χ1) is 12.7. The van der Waals surface area contributed by atoms with Crippen molar-refractivity contribution in [2.75, 3.05) is 6.54 Å². The topological polar surface area (TPSA) is 59.2 Å². The van der Waals surface area contributed by atoms with Gasteiger partial charge >= 0.3 is 0 Å². The van der Waals surface area contributed by atoms with E-state index >= 15 is 0 Å². The molecule has 0 amide bonds. The van der Waals surface area contributed by atoms with Crippen LogP contribution in [0, 0.1) is 0 Å². The molecule has 6 heteroatoms. The van der Waals surface area contributed by atoms with Crippen LogP contribution >= 0.6 is 15.9 Å². The molecule has 3 aromatic rings. The lowest BCUT2D eigenvalue weighted by Gasteiger charge is -2.27. The molecular weight excluding hydrogens is 394 g/mol. The summed E-state index contributed by atoms with van der Waals surface area (Å²) in [5.41, 5.74) is 3.70. The molecule has 5 nitrogen and oxygen atoms in total. The minimum Gasteiger partial charge on any atom is -0.464 e. The zero-order valence-electron chi connectivity index (χ0n) is 14.2. The summed E-state index contributed by atoms with van der Waals surface area (Å²) in [6.45, 7) is 2.24. The second-order valence-electron chi connectivity index (χ2n) is 7.17. The number of hydrogen-bond donors (Lipinski definition) is 0. The molecule has 0 N–H and O–H groups in total. The lowest BCUT2D eigenvalue weighted by Crippen LogP contribution is -2.32. The van der Waals surface area contributed by atoms with Crippen molar-refractivity contribution in [3.8, 4) is 0 Å². The summed E-state index contributed by atoms with van der Waals surface area (Å²) in [4.78, 5) is 24.4. The molecule has 1 saturated carbocycles. The van der Waals surface area contributed by atoms with Crippen LogP contribution in [0.1, 0.15) is 41.4 Å². The predicted octanol–water partition coefficient (Wildman–Crippen LogP) is 3.78. The lowest BCUT2D eigenvalue weighted by molar-refractivity contribution is 0.240. The van der Waals surface area contributed by atoms with Gasteiger partial charge in [0, 0.05) is 59.5 Å². The van der Waals surface area contributed by atoms with Gasteiger partial charge in [-0.3, -0.25) is 9.69 Å². The molecule has 0 saturated heterocycles. The van der Waals surface area contributed by atoms with Gasteiger partial charge in [-0.2, -0.15) is 0 Å². The van der Waals surface area contributed by atoms with Crippen molar-refractivity contribution in [1.29, 1.82) is 0 Å². The summed E-state index contributed by atoms with van der Waals surface area (Å²) in [6, 6.07) is 5.52. The molecule has 0 unspecified atom stereocenters. The molecule has 3 heterocycles. The number of fused-ring (bicyclic) bond motifs is 2. The molecule has 26 heavy (non-hydrogen) atoms. The fourth-order valence-electron chi connectivity index (χ4n) is 3.56. The first-order valence-electron chi connectivity index (χ1n) is 8.94. The van der Waals surface area contributed by atoms with Gasteiger partial charge in [0.15, 0.2) is 5.43 Å². The van der Waals surface area contributed by atoms with Gasteiger partial charge in [-0.15, -0.1) is 0 Å². The van der Waals surface area contributed by atoms with E-state index in [1.165, 1.54) is 24.1 Å². The summed E-state index contributed by atoms with van der Waals surface area (Å²) in [7, 11) is 0. The lowest BCUT2D eigenvalue weighted by atomic mass is 10.1. The molecule has 0 radical (unpaired) electrons. The maximum absolute atomic E-state index is 12.8. The van der Waals surface area contributed by atoms with E-state index in [4.69, 9.17) is 9.40 Å². The zero-order valence-corrected chi connectivity index (χ0v) is 15.8. The van der Waals surface area contributed by atoms with Gasteiger partial charge in [-0.1, -0.05) is 15.9 Å². The summed E-state index contributed by atoms with van der Waals surface area (Å²) in [6.07, 6.45) is 6.92. The van der Waals surface area contributed by atoms with Crippen molar-refractivity contribution in [3.63, 3.8) is 0 Å². The van der Waals surface area contributed by atoms with Crippen molar-refractivity contribution in [1.82, 2.24) is 14.9 Å². The Morgan fingerprint density at radius 3 is 3.04 bits per heavy atom. The van der Waals surface area contributed by atoms with Crippen molar-refractivity contribution >= 4 is 26.9 Å². The van der Waals surface area contributed by atoms with Crippen LogP contribution < -0.4 is 5.43 Å². The third-order valence-electron chi connectivity index (χ3n) is 5.17. The molecule has 2 aliphatic rings. The Balaban J connectivity index is 1.39. The van der Waals surface area contributed by atoms with Crippen LogP contribution in [0.15, 0.2) is 44.3 Å². The maximum Gasteiger partial charge on any atom is 0.197 e. The molecule has 1 aromatic carbocycles. The van der Waals surface area contributed by atoms with Crippen LogP contribution in [-0.2, 0) is 19.5 Å². The van der Waals surface area contributed by atoms with Gasteiger partial charge in [0.25, 0.3) is 0 Å². The second kappa shape index (κ2) is 6.28. The van der Waals surface area contributed by atoms with Crippen molar-refractivity contribution < 1.29 is 4.42 Å². The van der Waals surface area contributed by atoms with E-state index in [1.54, 1.807) is 6.26 Å². The van der Waals surface area contributed by atoms with E-state index < -0.39 is 0 Å². The molecule has 0 bridgehead atoms. The number of halogens is 1. The van der Waals surface area contributed by atoms with Gasteiger partial charge < -0.3 is 4.42 Å². The molecule has 5 rings (SSSR count). The zero-order chi connectivity index (χ0) is 17.7. The molecule has 0 spiro atoms. The minimum absolute atomic E-state index is 0.0404. The van der Waals surface area contributed by atoms with Crippen LogP contribution in [0.3, 0.4) is 0 Å². The van der Waals surface area contributed by atoms with E-state index in [1.807, 2.05) is 24.4 Å². The van der Waals surface area contributed by atoms with Gasteiger partial charge in [-0.05, 0) is 31.0 Å². The number of benzene rings is 1. The first kappa shape index (κ1) is 16.1. The molecule has 1 aliphatic heterocycles. The normalized spacial score (nSPS) is 17.4. The largest absolute Gasteiger partial charge is 0.464 e. The van der Waals surface area contributed by atoms with Crippen molar-refractivity contribution in [3.05, 3.63) is 68.0 Å². The Morgan fingerprint density at radius 1 is 1.31 bits per heavy atom. The van der Waals surface area contributed by atoms with Gasteiger partial charge in [0.2, 0.25) is 0 Å². The Morgan fingerprint density at radius 2 is 2.19 bits per heavy atom. The van der Waals surface area contributed by atoms with Gasteiger partial charge in [-0.25, -0.2) is 9.97 Å². The van der Waals surface area contributed by atoms with Crippen molar-refractivity contribution in [2.24, 2.45) is 0 Å². The average molecular weight is 412 g/mol. The standard InChI is InChI=1S/C20H18BrN3O2/c21-15-3-4-18-16(7-15)19(25)14(11-26-18)10-24-6-5-17-13(9-24)8-22-20(23-17)12-1-2-12/h3-4,7-8,11-12H,1-2,5-6,9-10H2. The summed E-state index contributed by atoms with van der Waals surface area (Å²) in [5, 5.41) is 0.617. The Bertz CT molecular complexity index is 1060. The number of rotatable bonds is 3. The highest BCUT2D eigenvalue weighted by Gasteiger charge is 2.28. The van der Waals surface area contributed by atoms with E-state index in [2.05, 4.69) is 25.8 Å². The average Bonchev–Trinajstić information content (AvgIpc) is 3.49. The van der Waals surface area contributed by atoms with Gasteiger partial charge in [0.05, 0.1) is 11.6 Å². The van der Waals surface area contributed by atoms with E-state index in [9.17, 15) is 4.79 Å². The van der Waals surface area contributed by atoms with Crippen molar-refractivity contribution in [2.45, 2.75) is 38.3 Å². The smallest absolute Gasteiger partial charge is 0.197 e. The molecule has 1 fully saturated rings. The highest BCUT2D eigenvalue weighted by atomic mass is 79.9. The fraction of sp³-hybridized carbons (Fsp3) is 0.350. The Hall–Kier alpha value is -2.05. The molecular formula is C20H18BrN3O2. The third-order valence-corrected chi connectivity index (χ3v) is 5.67. The summed E-state index contributed by atoms with van der Waals surface area (Å²) >= 11 is 3.42. The number of nitrogens with zero attached hydrogens (tertiary/aromatic N) is 3. The Labute approximate surface area is 159 Å². The number of hydrogen-bond acceptors (Lipinski definition) is 5. The quantitative estimate of drug-likeness (QED) is 0.656. The highest BCUT2D eigenvalue weighted by Crippen LogP contribution is 2.38. The fourth-order valence-corrected chi connectivity index (χ4v) is 3.92. The highest BCUT2D eigenvalue weighted by molar-refractivity contribution is 9.10. The van der Waals surface area contributed by atoms with E-state index in [0.29, 0.717) is 29.0 Å². The monoisotopic (exact) mass is 411 g/mol. The molecule has 2 aromatic heterocycles. The molecule has 132 valence electrons. The first-order valence-corrected chi connectivity index (χ1v) is 9.73. The van der Waals surface area contributed by atoms with E-state index in [0.717, 1.165) is 29.8 Å². The summed E-state index contributed by atoms with van der Waals surface area (Å²) in [5.74, 6) is 1.60. The summed E-state index contributed by atoms with van der Waals surface area (Å²) < 4.78 is 6.55. The third kappa shape index (κ3) is 2.97. The Kier molecular flexibility index (Phi) is 3.90. The minimum atomic E-state index is 0.0404. The number of aromatic nitrogens is 2. The maximum atomic E-state index is 12.8. The second-order valence-corrected chi connectivity index (χ2v) is 8.08. The van der Waals surface area contributed by atoms with Crippen LogP contribution in [0.2, 0.25) is 0 Å². The van der Waals surface area contributed by atoms with Gasteiger partial charge in [0.1, 0.15) is 11.4 Å². The van der Waals surface area contributed by atoms with Crippen LogP contribution in [-0.4, -0.2) is 21.4 Å². The van der Waals surface area contributed by atoms with Crippen LogP contribution in [0.4, 0.5) is 0 Å².